The summed E-state index contributed by atoms with van der Waals surface area (Å²) in [5, 5.41) is 0. The molecule has 3 heterocycles. The minimum Gasteiger partial charge on any atom is -0.458 e. The first-order valence-corrected chi connectivity index (χ1v) is 16.5. The van der Waals surface area contributed by atoms with Crippen LogP contribution in [0.4, 0.5) is 0 Å². The molecule has 2 aromatic carbocycles. The molecule has 222 valence electrons. The Labute approximate surface area is 247 Å². The van der Waals surface area contributed by atoms with Crippen LogP contribution in [0.1, 0.15) is 114 Å². The Kier molecular flexibility index (Phi) is 10.2. The van der Waals surface area contributed by atoms with Crippen molar-refractivity contribution in [2.75, 3.05) is 13.1 Å². The molecule has 2 bridgehead atoms. The number of carbonyl (C=O) groups excluding carboxylic acids is 2. The third-order valence-electron chi connectivity index (χ3n) is 10.2. The van der Waals surface area contributed by atoms with Crippen molar-refractivity contribution in [3.8, 4) is 0 Å². The largest absolute Gasteiger partial charge is 0.458 e. The quantitative estimate of drug-likeness (QED) is 0.134. The van der Waals surface area contributed by atoms with Gasteiger partial charge >= 0.3 is 11.9 Å². The van der Waals surface area contributed by atoms with Crippen LogP contribution in [0.25, 0.3) is 0 Å². The van der Waals surface area contributed by atoms with Crippen LogP contribution >= 0.6 is 0 Å². The van der Waals surface area contributed by atoms with Crippen molar-refractivity contribution in [2.45, 2.75) is 127 Å². The summed E-state index contributed by atoms with van der Waals surface area (Å²) in [6, 6.07) is 20.1. The number of hydrogen-bond acceptors (Lipinski definition) is 4. The highest BCUT2D eigenvalue weighted by Crippen LogP contribution is 2.47. The van der Waals surface area contributed by atoms with E-state index in [1.807, 2.05) is 60.7 Å². The molecule has 0 aromatic heterocycles. The first-order chi connectivity index (χ1) is 20.1. The number of ether oxygens (including phenoxy) is 2. The third-order valence-corrected chi connectivity index (χ3v) is 10.2. The first kappa shape index (κ1) is 29.8. The van der Waals surface area contributed by atoms with Crippen molar-refractivity contribution in [3.05, 3.63) is 71.8 Å². The van der Waals surface area contributed by atoms with Gasteiger partial charge in [0.25, 0.3) is 5.60 Å². The molecule has 0 amide bonds. The molecule has 0 N–H and O–H groups in total. The third kappa shape index (κ3) is 6.56. The predicted molar refractivity (Wildman–Crippen MR) is 162 cm³/mol. The van der Waals surface area contributed by atoms with Gasteiger partial charge in [0.2, 0.25) is 0 Å². The van der Waals surface area contributed by atoms with E-state index >= 15 is 0 Å². The Bertz CT molecular complexity index is 1060. The fourth-order valence-corrected chi connectivity index (χ4v) is 8.07. The number of hydrogen-bond donors (Lipinski definition) is 0. The maximum Gasteiger partial charge on any atom is 0.360 e. The lowest BCUT2D eigenvalue weighted by Gasteiger charge is -2.47. The maximum absolute atomic E-state index is 14.4. The molecular formula is C36H50NO4+. The normalized spacial score (nSPS) is 23.0. The molecule has 3 fully saturated rings. The fraction of sp³-hybridized carbons (Fsp3) is 0.611. The van der Waals surface area contributed by atoms with Gasteiger partial charge in [-0.15, -0.1) is 0 Å². The minimum absolute atomic E-state index is 0.137. The van der Waals surface area contributed by atoms with Crippen LogP contribution in [-0.4, -0.2) is 47.7 Å². The van der Waals surface area contributed by atoms with Gasteiger partial charge in [-0.1, -0.05) is 113 Å². The van der Waals surface area contributed by atoms with Crippen molar-refractivity contribution >= 4 is 11.9 Å². The monoisotopic (exact) mass is 560 g/mol. The van der Waals surface area contributed by atoms with E-state index in [-0.39, 0.29) is 12.1 Å². The number of piperidine rings is 1. The van der Waals surface area contributed by atoms with Crippen LogP contribution in [0.2, 0.25) is 0 Å². The molecule has 3 aliphatic rings. The second-order valence-corrected chi connectivity index (χ2v) is 12.8. The van der Waals surface area contributed by atoms with E-state index in [4.69, 9.17) is 9.47 Å². The Morgan fingerprint density at radius 3 is 1.80 bits per heavy atom. The minimum atomic E-state index is -1.61. The number of carbonyl (C=O) groups is 2. The molecule has 5 heteroatoms. The predicted octanol–water partition coefficient (Wildman–Crippen LogP) is 7.85. The summed E-state index contributed by atoms with van der Waals surface area (Å²) in [5.41, 5.74) is -0.333. The molecule has 41 heavy (non-hydrogen) atoms. The van der Waals surface area contributed by atoms with E-state index in [0.29, 0.717) is 29.6 Å². The molecule has 3 aliphatic heterocycles. The van der Waals surface area contributed by atoms with E-state index < -0.39 is 11.6 Å². The van der Waals surface area contributed by atoms with Gasteiger partial charge in [0.15, 0.2) is 0 Å². The lowest BCUT2D eigenvalue weighted by Crippen LogP contribution is -2.60. The highest BCUT2D eigenvalue weighted by Gasteiger charge is 2.57. The molecular weight excluding hydrogens is 510 g/mol. The van der Waals surface area contributed by atoms with Gasteiger partial charge in [-0.2, -0.15) is 0 Å². The van der Waals surface area contributed by atoms with E-state index in [9.17, 15) is 9.59 Å². The molecule has 5 nitrogen and oxygen atoms in total. The Hall–Kier alpha value is -2.66. The van der Waals surface area contributed by atoms with Crippen molar-refractivity contribution in [2.24, 2.45) is 0 Å². The van der Waals surface area contributed by atoms with Gasteiger partial charge in [0.1, 0.15) is 6.10 Å². The van der Waals surface area contributed by atoms with Crippen LogP contribution < -0.4 is 0 Å². The van der Waals surface area contributed by atoms with Crippen LogP contribution in [0.5, 0.6) is 0 Å². The summed E-state index contributed by atoms with van der Waals surface area (Å²) in [6.07, 6.45) is 16.3. The summed E-state index contributed by atoms with van der Waals surface area (Å²) in [5.74, 6) is -0.802. The van der Waals surface area contributed by atoms with Crippen LogP contribution in [0.15, 0.2) is 60.7 Å². The number of rotatable bonds is 14. The molecule has 3 saturated heterocycles. The van der Waals surface area contributed by atoms with E-state index in [0.717, 1.165) is 32.1 Å². The summed E-state index contributed by atoms with van der Waals surface area (Å²) in [7, 11) is 0. The van der Waals surface area contributed by atoms with E-state index in [1.54, 1.807) is 0 Å². The number of benzene rings is 2. The molecule has 0 aliphatic carbocycles. The molecule has 0 saturated carbocycles. The van der Waals surface area contributed by atoms with Crippen molar-refractivity contribution in [3.63, 3.8) is 0 Å². The van der Waals surface area contributed by atoms with Gasteiger partial charge in [-0.05, 0) is 6.42 Å². The molecule has 5 rings (SSSR count). The summed E-state index contributed by atoms with van der Waals surface area (Å²) < 4.78 is 14.0. The van der Waals surface area contributed by atoms with Crippen LogP contribution in [-0.2, 0) is 24.7 Å². The lowest BCUT2D eigenvalue weighted by molar-refractivity contribution is -0.956. The van der Waals surface area contributed by atoms with Gasteiger partial charge in [0.05, 0.1) is 25.2 Å². The zero-order chi connectivity index (χ0) is 28.5. The van der Waals surface area contributed by atoms with Crippen LogP contribution in [0, 0.1) is 0 Å². The summed E-state index contributed by atoms with van der Waals surface area (Å²) in [6.45, 7) is 4.80. The molecule has 1 spiro atoms. The standard InChI is InChI=1S/C36H50NO4/c1-2-3-4-5-6-7-8-15-22-34(38)41-36(29-18-11-9-12-19-29,30-20-13-10-14-21-30)35(39)40-33-27-31-23-24-32(28-33)37(31)25-16-17-26-37/h9-14,18-21,31-33H,2-8,15-17,22-28H2,1H3/q+1. The average Bonchev–Trinajstić information content (AvgIpc) is 3.54. The highest BCUT2D eigenvalue weighted by atomic mass is 16.6. The number of quaternary nitrogens is 1. The highest BCUT2D eigenvalue weighted by molar-refractivity contribution is 5.89. The Balaban J connectivity index is 1.32. The van der Waals surface area contributed by atoms with Crippen LogP contribution in [0.3, 0.4) is 0 Å². The second kappa shape index (κ2) is 14.0. The average molecular weight is 561 g/mol. The second-order valence-electron chi connectivity index (χ2n) is 12.8. The SMILES string of the molecule is CCCCCCCCCCC(=O)OC(C(=O)OC1CC2CCC(C1)[N+]21CCCC1)(c1ccccc1)c1ccccc1. The van der Waals surface area contributed by atoms with Crippen molar-refractivity contribution in [1.29, 1.82) is 0 Å². The number of unbranched alkanes of at least 4 members (excludes halogenated alkanes) is 7. The van der Waals surface area contributed by atoms with Gasteiger partial charge < -0.3 is 14.0 Å². The molecule has 0 radical (unpaired) electrons. The molecule has 2 atom stereocenters. The van der Waals surface area contributed by atoms with E-state index in [1.165, 1.54) is 75.4 Å². The zero-order valence-electron chi connectivity index (χ0n) is 25.1. The van der Waals surface area contributed by atoms with Gasteiger partial charge in [0, 0.05) is 56.1 Å². The first-order valence-electron chi connectivity index (χ1n) is 16.5. The number of nitrogens with zero attached hydrogens (tertiary/aromatic N) is 1. The Morgan fingerprint density at radius 1 is 0.756 bits per heavy atom. The maximum atomic E-state index is 14.4. The lowest BCUT2D eigenvalue weighted by atomic mass is 9.85. The van der Waals surface area contributed by atoms with E-state index in [2.05, 4.69) is 6.92 Å². The van der Waals surface area contributed by atoms with Gasteiger partial charge in [-0.25, -0.2) is 4.79 Å². The number of esters is 2. The summed E-state index contributed by atoms with van der Waals surface area (Å²) in [4.78, 5) is 27.8. The smallest absolute Gasteiger partial charge is 0.360 e. The fourth-order valence-electron chi connectivity index (χ4n) is 8.07. The van der Waals surface area contributed by atoms with Gasteiger partial charge in [-0.3, -0.25) is 4.79 Å². The Morgan fingerprint density at radius 2 is 1.27 bits per heavy atom. The summed E-state index contributed by atoms with van der Waals surface area (Å²) >= 11 is 0. The van der Waals surface area contributed by atoms with Crippen molar-refractivity contribution in [1.82, 2.24) is 0 Å². The molecule has 2 unspecified atom stereocenters. The van der Waals surface area contributed by atoms with Crippen molar-refractivity contribution < 1.29 is 23.5 Å². The molecule has 2 aromatic rings. The zero-order valence-corrected chi connectivity index (χ0v) is 25.1. The topological polar surface area (TPSA) is 52.6 Å².